The fourth-order valence-corrected chi connectivity index (χ4v) is 2.12. The number of amides is 2. The van der Waals surface area contributed by atoms with Crippen molar-refractivity contribution in [3.8, 4) is 0 Å². The number of aliphatic hydroxyl groups is 1. The van der Waals surface area contributed by atoms with Gasteiger partial charge < -0.3 is 15.3 Å². The van der Waals surface area contributed by atoms with Crippen molar-refractivity contribution < 1.29 is 9.90 Å². The summed E-state index contributed by atoms with van der Waals surface area (Å²) in [5.74, 6) is 0. The number of nitrogens with one attached hydrogen (secondary N) is 1. The van der Waals surface area contributed by atoms with Gasteiger partial charge >= 0.3 is 6.03 Å². The van der Waals surface area contributed by atoms with Crippen molar-refractivity contribution >= 4 is 39.2 Å². The lowest BCUT2D eigenvalue weighted by Gasteiger charge is -2.20. The first-order valence-electron chi connectivity index (χ1n) is 5.31. The van der Waals surface area contributed by atoms with Gasteiger partial charge in [-0.3, -0.25) is 0 Å². The van der Waals surface area contributed by atoms with E-state index in [0.717, 1.165) is 0 Å². The van der Waals surface area contributed by atoms with Gasteiger partial charge in [0.05, 0.1) is 12.3 Å². The smallest absolute Gasteiger partial charge is 0.322 e. The number of halogens is 2. The maximum atomic E-state index is 11.9. The zero-order valence-corrected chi connectivity index (χ0v) is 12.0. The maximum Gasteiger partial charge on any atom is 0.322 e. The Morgan fingerprint density at radius 2 is 2.33 bits per heavy atom. The SMILES string of the molecule is C=CCN(CCO)C(=O)Nc1ccc(Cl)cc1Br. The Labute approximate surface area is 119 Å². The van der Waals surface area contributed by atoms with Crippen LogP contribution in [0.1, 0.15) is 0 Å². The minimum absolute atomic E-state index is 0.0942. The summed E-state index contributed by atoms with van der Waals surface area (Å²) < 4.78 is 0.700. The van der Waals surface area contributed by atoms with Gasteiger partial charge in [-0.1, -0.05) is 17.7 Å². The second kappa shape index (κ2) is 7.41. The monoisotopic (exact) mass is 332 g/mol. The molecule has 0 radical (unpaired) electrons. The van der Waals surface area contributed by atoms with Crippen molar-refractivity contribution in [3.63, 3.8) is 0 Å². The van der Waals surface area contributed by atoms with Gasteiger partial charge in [-0.25, -0.2) is 4.79 Å². The molecule has 0 aliphatic heterocycles. The average molecular weight is 334 g/mol. The minimum atomic E-state index is -0.299. The Kier molecular flexibility index (Phi) is 6.18. The first-order chi connectivity index (χ1) is 8.58. The van der Waals surface area contributed by atoms with Crippen LogP contribution < -0.4 is 5.32 Å². The van der Waals surface area contributed by atoms with E-state index in [4.69, 9.17) is 16.7 Å². The number of aliphatic hydroxyl groups excluding tert-OH is 1. The van der Waals surface area contributed by atoms with Crippen LogP contribution in [-0.2, 0) is 0 Å². The van der Waals surface area contributed by atoms with Gasteiger partial charge in [0.25, 0.3) is 0 Å². The van der Waals surface area contributed by atoms with E-state index < -0.39 is 0 Å². The summed E-state index contributed by atoms with van der Waals surface area (Å²) in [5, 5.41) is 12.2. The van der Waals surface area contributed by atoms with Gasteiger partial charge in [-0.05, 0) is 34.1 Å². The lowest BCUT2D eigenvalue weighted by molar-refractivity contribution is 0.195. The summed E-state index contributed by atoms with van der Waals surface area (Å²) in [6, 6.07) is 4.79. The molecule has 1 aromatic carbocycles. The molecule has 6 heteroatoms. The number of nitrogens with zero attached hydrogens (tertiary/aromatic N) is 1. The van der Waals surface area contributed by atoms with Crippen LogP contribution in [0.2, 0.25) is 5.02 Å². The summed E-state index contributed by atoms with van der Waals surface area (Å²) in [5.41, 5.74) is 0.622. The van der Waals surface area contributed by atoms with Crippen LogP contribution in [0.5, 0.6) is 0 Å². The van der Waals surface area contributed by atoms with E-state index in [1.54, 1.807) is 24.3 Å². The minimum Gasteiger partial charge on any atom is -0.395 e. The van der Waals surface area contributed by atoms with Crippen LogP contribution in [0, 0.1) is 0 Å². The molecule has 0 heterocycles. The molecule has 0 bridgehead atoms. The number of anilines is 1. The highest BCUT2D eigenvalue weighted by atomic mass is 79.9. The Morgan fingerprint density at radius 1 is 1.61 bits per heavy atom. The summed E-state index contributed by atoms with van der Waals surface area (Å²) in [4.78, 5) is 13.4. The molecule has 98 valence electrons. The summed E-state index contributed by atoms with van der Waals surface area (Å²) >= 11 is 9.13. The molecule has 0 aliphatic rings. The fourth-order valence-electron chi connectivity index (χ4n) is 1.34. The Balaban J connectivity index is 2.75. The predicted octanol–water partition coefficient (Wildman–Crippen LogP) is 3.11. The van der Waals surface area contributed by atoms with Crippen molar-refractivity contribution in [3.05, 3.63) is 40.3 Å². The molecule has 2 amide bonds. The van der Waals surface area contributed by atoms with Crippen molar-refractivity contribution in [2.75, 3.05) is 25.0 Å². The van der Waals surface area contributed by atoms with Crippen LogP contribution in [0.4, 0.5) is 10.5 Å². The third-order valence-electron chi connectivity index (χ3n) is 2.18. The molecule has 0 unspecified atom stereocenters. The zero-order chi connectivity index (χ0) is 13.5. The molecule has 4 nitrogen and oxygen atoms in total. The lowest BCUT2D eigenvalue weighted by atomic mass is 10.3. The van der Waals surface area contributed by atoms with Gasteiger partial charge in [0, 0.05) is 22.6 Å². The average Bonchev–Trinajstić information content (AvgIpc) is 2.32. The third-order valence-corrected chi connectivity index (χ3v) is 3.07. The maximum absolute atomic E-state index is 11.9. The van der Waals surface area contributed by atoms with Crippen molar-refractivity contribution in [2.24, 2.45) is 0 Å². The largest absolute Gasteiger partial charge is 0.395 e. The van der Waals surface area contributed by atoms with Crippen LogP contribution in [0.25, 0.3) is 0 Å². The highest BCUT2D eigenvalue weighted by Crippen LogP contribution is 2.26. The first kappa shape index (κ1) is 15.0. The molecule has 1 rings (SSSR count). The fraction of sp³-hybridized carbons (Fsp3) is 0.250. The topological polar surface area (TPSA) is 52.6 Å². The number of benzene rings is 1. The number of rotatable bonds is 5. The summed E-state index contributed by atoms with van der Waals surface area (Å²) in [6.45, 7) is 4.10. The lowest BCUT2D eigenvalue weighted by Crippen LogP contribution is -2.37. The van der Waals surface area contributed by atoms with E-state index in [-0.39, 0.29) is 19.2 Å². The van der Waals surface area contributed by atoms with Crippen LogP contribution in [0.3, 0.4) is 0 Å². The number of hydrogen-bond donors (Lipinski definition) is 2. The first-order valence-corrected chi connectivity index (χ1v) is 6.48. The van der Waals surface area contributed by atoms with E-state index in [2.05, 4.69) is 27.8 Å². The molecule has 0 aromatic heterocycles. The molecule has 0 saturated carbocycles. The van der Waals surface area contributed by atoms with E-state index in [0.29, 0.717) is 21.7 Å². The number of hydrogen-bond acceptors (Lipinski definition) is 2. The second-order valence-corrected chi connectivity index (χ2v) is 4.80. The molecule has 1 aromatic rings. The third kappa shape index (κ3) is 4.33. The highest BCUT2D eigenvalue weighted by molar-refractivity contribution is 9.10. The molecule has 18 heavy (non-hydrogen) atoms. The number of carbonyl (C=O) groups is 1. The highest BCUT2D eigenvalue weighted by Gasteiger charge is 2.12. The molecule has 0 fully saturated rings. The van der Waals surface area contributed by atoms with Gasteiger partial charge in [-0.15, -0.1) is 6.58 Å². The van der Waals surface area contributed by atoms with Crippen molar-refractivity contribution in [2.45, 2.75) is 0 Å². The number of carbonyl (C=O) groups excluding carboxylic acids is 1. The quantitative estimate of drug-likeness (QED) is 0.814. The van der Waals surface area contributed by atoms with E-state index >= 15 is 0 Å². The van der Waals surface area contributed by atoms with Crippen molar-refractivity contribution in [1.82, 2.24) is 4.90 Å². The Hall–Kier alpha value is -1.04. The van der Waals surface area contributed by atoms with Crippen LogP contribution >= 0.6 is 27.5 Å². The molecule has 0 saturated heterocycles. The summed E-state index contributed by atoms with van der Waals surface area (Å²) in [6.07, 6.45) is 1.60. The van der Waals surface area contributed by atoms with E-state index in [9.17, 15) is 4.79 Å². The van der Waals surface area contributed by atoms with Crippen LogP contribution in [0.15, 0.2) is 35.3 Å². The van der Waals surface area contributed by atoms with Gasteiger partial charge in [0.2, 0.25) is 0 Å². The van der Waals surface area contributed by atoms with E-state index in [1.807, 2.05) is 0 Å². The molecule has 0 spiro atoms. The van der Waals surface area contributed by atoms with E-state index in [1.165, 1.54) is 4.90 Å². The normalized spacial score (nSPS) is 9.94. The standard InChI is InChI=1S/C12H14BrClN2O2/c1-2-5-16(6-7-17)12(18)15-11-4-3-9(14)8-10(11)13/h2-4,8,17H,1,5-7H2,(H,15,18). The predicted molar refractivity (Wildman–Crippen MR) is 77.0 cm³/mol. The van der Waals surface area contributed by atoms with Gasteiger partial charge in [0.1, 0.15) is 0 Å². The molecular formula is C12H14BrClN2O2. The molecular weight excluding hydrogens is 320 g/mol. The van der Waals surface area contributed by atoms with Gasteiger partial charge in [0.15, 0.2) is 0 Å². The Morgan fingerprint density at radius 3 is 2.89 bits per heavy atom. The summed E-state index contributed by atoms with van der Waals surface area (Å²) in [7, 11) is 0. The molecule has 2 N–H and O–H groups in total. The van der Waals surface area contributed by atoms with Gasteiger partial charge in [-0.2, -0.15) is 0 Å². The van der Waals surface area contributed by atoms with Crippen LogP contribution in [-0.4, -0.2) is 35.7 Å². The second-order valence-electron chi connectivity index (χ2n) is 3.51. The zero-order valence-electron chi connectivity index (χ0n) is 9.70. The molecule has 0 aliphatic carbocycles. The number of urea groups is 1. The van der Waals surface area contributed by atoms with Crippen molar-refractivity contribution in [1.29, 1.82) is 0 Å². The molecule has 0 atom stereocenters. The Bertz CT molecular complexity index is 440.